The largest absolute Gasteiger partial charge is 0.495 e. The standard InChI is InChI=1S/C11H15BrN2O/c1-15-11-7-10(8(12)6-9(11)13)14-4-2-3-5-14/h6-7H,2-5,13H2,1H3. The highest BCUT2D eigenvalue weighted by Crippen LogP contribution is 2.36. The van der Waals surface area contributed by atoms with Crippen LogP contribution in [0.25, 0.3) is 0 Å². The zero-order valence-corrected chi connectivity index (χ0v) is 10.4. The summed E-state index contributed by atoms with van der Waals surface area (Å²) in [7, 11) is 1.65. The van der Waals surface area contributed by atoms with E-state index in [2.05, 4.69) is 20.8 Å². The summed E-state index contributed by atoms with van der Waals surface area (Å²) < 4.78 is 6.27. The van der Waals surface area contributed by atoms with E-state index in [9.17, 15) is 0 Å². The van der Waals surface area contributed by atoms with Gasteiger partial charge in [-0.2, -0.15) is 0 Å². The lowest BCUT2D eigenvalue weighted by Crippen LogP contribution is -2.18. The van der Waals surface area contributed by atoms with Gasteiger partial charge < -0.3 is 15.4 Å². The average molecular weight is 271 g/mol. The van der Waals surface area contributed by atoms with E-state index in [0.29, 0.717) is 5.69 Å². The second-order valence-corrected chi connectivity index (χ2v) is 4.59. The smallest absolute Gasteiger partial charge is 0.143 e. The summed E-state index contributed by atoms with van der Waals surface area (Å²) in [4.78, 5) is 2.35. The molecule has 2 N–H and O–H groups in total. The molecule has 1 aromatic rings. The molecule has 1 fully saturated rings. The molecule has 1 aliphatic heterocycles. The van der Waals surface area contributed by atoms with Crippen molar-refractivity contribution in [1.82, 2.24) is 0 Å². The van der Waals surface area contributed by atoms with Crippen molar-refractivity contribution in [1.29, 1.82) is 0 Å². The zero-order chi connectivity index (χ0) is 10.8. The van der Waals surface area contributed by atoms with Crippen molar-refractivity contribution in [3.8, 4) is 5.75 Å². The molecule has 0 saturated carbocycles. The molecule has 0 spiro atoms. The number of nitrogens with two attached hydrogens (primary N) is 1. The molecule has 0 atom stereocenters. The highest BCUT2D eigenvalue weighted by molar-refractivity contribution is 9.10. The summed E-state index contributed by atoms with van der Waals surface area (Å²) in [5, 5.41) is 0. The van der Waals surface area contributed by atoms with Crippen molar-refractivity contribution in [2.24, 2.45) is 0 Å². The van der Waals surface area contributed by atoms with Crippen molar-refractivity contribution in [3.63, 3.8) is 0 Å². The maximum Gasteiger partial charge on any atom is 0.143 e. The van der Waals surface area contributed by atoms with Gasteiger partial charge in [0.05, 0.1) is 18.5 Å². The third kappa shape index (κ3) is 2.04. The summed E-state index contributed by atoms with van der Waals surface area (Å²) in [6.45, 7) is 2.23. The molecule has 82 valence electrons. The fourth-order valence-corrected chi connectivity index (χ4v) is 2.55. The third-order valence-corrected chi connectivity index (χ3v) is 3.38. The SMILES string of the molecule is COc1cc(N2CCCC2)c(Br)cc1N. The van der Waals surface area contributed by atoms with Crippen molar-refractivity contribution < 1.29 is 4.74 Å². The van der Waals surface area contributed by atoms with Gasteiger partial charge in [-0.15, -0.1) is 0 Å². The molecule has 1 aliphatic rings. The Hall–Kier alpha value is -0.900. The Balaban J connectivity index is 2.37. The van der Waals surface area contributed by atoms with E-state index < -0.39 is 0 Å². The molecule has 4 heteroatoms. The van der Waals surface area contributed by atoms with Crippen molar-refractivity contribution in [3.05, 3.63) is 16.6 Å². The number of hydrogen-bond acceptors (Lipinski definition) is 3. The third-order valence-electron chi connectivity index (χ3n) is 2.75. The Bertz CT molecular complexity index is 362. The van der Waals surface area contributed by atoms with Crippen LogP contribution in [0.15, 0.2) is 16.6 Å². The number of methoxy groups -OCH3 is 1. The zero-order valence-electron chi connectivity index (χ0n) is 8.79. The summed E-state index contributed by atoms with van der Waals surface area (Å²) in [6, 6.07) is 3.91. The van der Waals surface area contributed by atoms with Gasteiger partial charge in [-0.1, -0.05) is 0 Å². The minimum absolute atomic E-state index is 0.673. The number of halogens is 1. The fourth-order valence-electron chi connectivity index (χ4n) is 1.94. The van der Waals surface area contributed by atoms with E-state index in [4.69, 9.17) is 10.5 Å². The number of ether oxygens (including phenoxy) is 1. The number of nitrogens with zero attached hydrogens (tertiary/aromatic N) is 1. The number of nitrogen functional groups attached to an aromatic ring is 1. The van der Waals surface area contributed by atoms with Crippen LogP contribution in [0.4, 0.5) is 11.4 Å². The summed E-state index contributed by atoms with van der Waals surface area (Å²) in [5.41, 5.74) is 7.68. The van der Waals surface area contributed by atoms with Gasteiger partial charge in [0, 0.05) is 23.6 Å². The van der Waals surface area contributed by atoms with E-state index in [-0.39, 0.29) is 0 Å². The van der Waals surface area contributed by atoms with Crippen LogP contribution in [-0.2, 0) is 0 Å². The van der Waals surface area contributed by atoms with Gasteiger partial charge in [-0.3, -0.25) is 0 Å². The van der Waals surface area contributed by atoms with Gasteiger partial charge >= 0.3 is 0 Å². The Morgan fingerprint density at radius 1 is 1.33 bits per heavy atom. The number of rotatable bonds is 2. The molecule has 0 amide bonds. The van der Waals surface area contributed by atoms with Crippen molar-refractivity contribution in [2.45, 2.75) is 12.8 Å². The lowest BCUT2D eigenvalue weighted by molar-refractivity contribution is 0.417. The summed E-state index contributed by atoms with van der Waals surface area (Å²) in [6.07, 6.45) is 2.53. The molecule has 15 heavy (non-hydrogen) atoms. The summed E-state index contributed by atoms with van der Waals surface area (Å²) in [5.74, 6) is 0.750. The predicted octanol–water partition coefficient (Wildman–Crippen LogP) is 2.64. The van der Waals surface area contributed by atoms with Crippen LogP contribution >= 0.6 is 15.9 Å². The minimum atomic E-state index is 0.673. The van der Waals surface area contributed by atoms with E-state index in [1.54, 1.807) is 7.11 Å². The molecule has 0 aromatic heterocycles. The Kier molecular flexibility index (Phi) is 3.05. The number of benzene rings is 1. The molecule has 0 bridgehead atoms. The molecule has 1 heterocycles. The first-order valence-electron chi connectivity index (χ1n) is 5.10. The second kappa shape index (κ2) is 4.31. The predicted molar refractivity (Wildman–Crippen MR) is 66.6 cm³/mol. The molecular formula is C11H15BrN2O. The fraction of sp³-hybridized carbons (Fsp3) is 0.455. The van der Waals surface area contributed by atoms with Crippen LogP contribution in [0, 0.1) is 0 Å². The molecule has 3 nitrogen and oxygen atoms in total. The summed E-state index contributed by atoms with van der Waals surface area (Å²) >= 11 is 3.54. The highest BCUT2D eigenvalue weighted by atomic mass is 79.9. The van der Waals surface area contributed by atoms with Crippen LogP contribution in [0.3, 0.4) is 0 Å². The molecule has 0 radical (unpaired) electrons. The first kappa shape index (κ1) is 10.6. The lowest BCUT2D eigenvalue weighted by atomic mass is 10.2. The van der Waals surface area contributed by atoms with Crippen LogP contribution in [0.5, 0.6) is 5.75 Å². The van der Waals surface area contributed by atoms with Gasteiger partial charge in [0.15, 0.2) is 0 Å². The molecule has 2 rings (SSSR count). The Morgan fingerprint density at radius 2 is 2.00 bits per heavy atom. The minimum Gasteiger partial charge on any atom is -0.495 e. The van der Waals surface area contributed by atoms with Gasteiger partial charge in [-0.25, -0.2) is 0 Å². The van der Waals surface area contributed by atoms with Gasteiger partial charge in [0.25, 0.3) is 0 Å². The van der Waals surface area contributed by atoms with E-state index >= 15 is 0 Å². The Morgan fingerprint density at radius 3 is 2.60 bits per heavy atom. The quantitative estimate of drug-likeness (QED) is 0.840. The molecule has 1 saturated heterocycles. The van der Waals surface area contributed by atoms with Crippen LogP contribution < -0.4 is 15.4 Å². The number of anilines is 2. The monoisotopic (exact) mass is 270 g/mol. The highest BCUT2D eigenvalue weighted by Gasteiger charge is 2.16. The van der Waals surface area contributed by atoms with Crippen molar-refractivity contribution in [2.75, 3.05) is 30.8 Å². The first-order chi connectivity index (χ1) is 7.22. The van der Waals surface area contributed by atoms with E-state index in [0.717, 1.165) is 23.3 Å². The average Bonchev–Trinajstić information content (AvgIpc) is 2.71. The molecular weight excluding hydrogens is 256 g/mol. The van der Waals surface area contributed by atoms with E-state index in [1.165, 1.54) is 18.5 Å². The van der Waals surface area contributed by atoms with Gasteiger partial charge in [-0.05, 0) is 34.8 Å². The maximum absolute atomic E-state index is 5.83. The lowest BCUT2D eigenvalue weighted by Gasteiger charge is -2.20. The normalized spacial score (nSPS) is 15.7. The van der Waals surface area contributed by atoms with Gasteiger partial charge in [0.2, 0.25) is 0 Å². The second-order valence-electron chi connectivity index (χ2n) is 3.74. The van der Waals surface area contributed by atoms with Crippen LogP contribution in [0.1, 0.15) is 12.8 Å². The van der Waals surface area contributed by atoms with Gasteiger partial charge in [0.1, 0.15) is 5.75 Å². The van der Waals surface area contributed by atoms with E-state index in [1.807, 2.05) is 12.1 Å². The topological polar surface area (TPSA) is 38.5 Å². The van der Waals surface area contributed by atoms with Crippen molar-refractivity contribution >= 4 is 27.3 Å². The van der Waals surface area contributed by atoms with Crippen LogP contribution in [-0.4, -0.2) is 20.2 Å². The first-order valence-corrected chi connectivity index (χ1v) is 5.89. The number of hydrogen-bond donors (Lipinski definition) is 1. The molecule has 0 aliphatic carbocycles. The molecule has 0 unspecified atom stereocenters. The Labute approximate surface area is 98.3 Å². The van der Waals surface area contributed by atoms with Crippen LogP contribution in [0.2, 0.25) is 0 Å². The molecule has 1 aromatic carbocycles. The maximum atomic E-state index is 5.83.